The van der Waals surface area contributed by atoms with E-state index in [9.17, 15) is 14.7 Å². The summed E-state index contributed by atoms with van der Waals surface area (Å²) in [6.45, 7) is 2.10. The van der Waals surface area contributed by atoms with E-state index < -0.39 is 11.6 Å². The second-order valence-corrected chi connectivity index (χ2v) is 7.50. The third kappa shape index (κ3) is 2.04. The number of pyridine rings is 2. The third-order valence-electron chi connectivity index (χ3n) is 6.00. The molecular weight excluding hydrogens is 376 g/mol. The molecule has 1 N–H and O–H groups in total. The minimum atomic E-state index is -1.83. The van der Waals surface area contributed by atoms with Gasteiger partial charge in [-0.2, -0.15) is 0 Å². The molecule has 3 aromatic rings. The molecule has 8 heteroatoms. The van der Waals surface area contributed by atoms with Crippen molar-refractivity contribution in [2.75, 3.05) is 6.79 Å². The molecule has 29 heavy (non-hydrogen) atoms. The van der Waals surface area contributed by atoms with Gasteiger partial charge in [-0.3, -0.25) is 4.79 Å². The van der Waals surface area contributed by atoms with Crippen LogP contribution in [0.25, 0.3) is 22.3 Å². The van der Waals surface area contributed by atoms with Crippen LogP contribution in [0, 0.1) is 0 Å². The normalized spacial score (nSPS) is 21.0. The Kier molecular flexibility index (Phi) is 3.06. The molecule has 1 atom stereocenters. The predicted octanol–water partition coefficient (Wildman–Crippen LogP) is 1.81. The highest BCUT2D eigenvalue weighted by atomic mass is 16.7. The maximum absolute atomic E-state index is 13.1. The molecule has 1 unspecified atom stereocenters. The molecule has 0 saturated carbocycles. The summed E-state index contributed by atoms with van der Waals surface area (Å²) < 4.78 is 17.6. The number of esters is 1. The number of carbonyl (C=O) groups excluding carboxylic acids is 1. The van der Waals surface area contributed by atoms with Gasteiger partial charge in [0, 0.05) is 22.6 Å². The molecule has 0 bridgehead atoms. The van der Waals surface area contributed by atoms with Crippen molar-refractivity contribution in [3.8, 4) is 22.9 Å². The van der Waals surface area contributed by atoms with E-state index in [4.69, 9.17) is 19.2 Å². The number of hydrogen-bond donors (Lipinski definition) is 1. The third-order valence-corrected chi connectivity index (χ3v) is 6.00. The zero-order valence-electron chi connectivity index (χ0n) is 15.5. The van der Waals surface area contributed by atoms with Crippen molar-refractivity contribution < 1.29 is 24.1 Å². The number of aliphatic hydroxyl groups is 1. The van der Waals surface area contributed by atoms with E-state index in [-0.39, 0.29) is 25.4 Å². The van der Waals surface area contributed by atoms with Crippen LogP contribution in [0.15, 0.2) is 29.1 Å². The average molecular weight is 392 g/mol. The summed E-state index contributed by atoms with van der Waals surface area (Å²) in [5.74, 6) is 0.578. The summed E-state index contributed by atoms with van der Waals surface area (Å²) in [6.07, 6.45) is 0.114. The molecule has 0 spiro atoms. The highest BCUT2D eigenvalue weighted by Crippen LogP contribution is 2.41. The zero-order valence-corrected chi connectivity index (χ0v) is 15.5. The van der Waals surface area contributed by atoms with Crippen LogP contribution < -0.4 is 15.0 Å². The smallest absolute Gasteiger partial charge is 0.343 e. The van der Waals surface area contributed by atoms with Gasteiger partial charge in [0.25, 0.3) is 5.56 Å². The van der Waals surface area contributed by atoms with Crippen molar-refractivity contribution in [3.63, 3.8) is 0 Å². The minimum absolute atomic E-state index is 0.114. The fraction of sp³-hybridized carbons (Fsp3) is 0.286. The van der Waals surface area contributed by atoms with Crippen LogP contribution in [0.5, 0.6) is 11.5 Å². The molecule has 5 heterocycles. The Morgan fingerprint density at radius 3 is 2.72 bits per heavy atom. The Morgan fingerprint density at radius 2 is 1.93 bits per heavy atom. The lowest BCUT2D eigenvalue weighted by Gasteiger charge is -2.31. The predicted molar refractivity (Wildman–Crippen MR) is 101 cm³/mol. The first-order valence-corrected chi connectivity index (χ1v) is 9.40. The van der Waals surface area contributed by atoms with Crippen LogP contribution in [-0.4, -0.2) is 27.4 Å². The Labute approximate surface area is 164 Å². The van der Waals surface area contributed by atoms with Crippen LogP contribution >= 0.6 is 0 Å². The summed E-state index contributed by atoms with van der Waals surface area (Å²) in [5.41, 5.74) is 1.39. The van der Waals surface area contributed by atoms with Gasteiger partial charge < -0.3 is 23.9 Å². The van der Waals surface area contributed by atoms with Crippen LogP contribution in [0.3, 0.4) is 0 Å². The van der Waals surface area contributed by atoms with Crippen molar-refractivity contribution in [1.29, 1.82) is 0 Å². The van der Waals surface area contributed by atoms with Crippen molar-refractivity contribution in [2.24, 2.45) is 0 Å². The van der Waals surface area contributed by atoms with Gasteiger partial charge in [0.1, 0.15) is 6.61 Å². The fourth-order valence-corrected chi connectivity index (χ4v) is 4.37. The molecule has 3 aliphatic heterocycles. The number of rotatable bonds is 1. The average Bonchev–Trinajstić information content (AvgIpc) is 3.32. The Bertz CT molecular complexity index is 1310. The molecule has 8 nitrogen and oxygen atoms in total. The number of carbonyl (C=O) groups is 1. The van der Waals surface area contributed by atoms with E-state index in [1.807, 2.05) is 18.2 Å². The first kappa shape index (κ1) is 16.6. The van der Waals surface area contributed by atoms with Crippen molar-refractivity contribution in [1.82, 2.24) is 9.55 Å². The maximum atomic E-state index is 13.1. The highest BCUT2D eigenvalue weighted by Gasteiger charge is 2.45. The Morgan fingerprint density at radius 1 is 1.14 bits per heavy atom. The summed E-state index contributed by atoms with van der Waals surface area (Å²) in [4.78, 5) is 30.1. The lowest BCUT2D eigenvalue weighted by atomic mass is 9.86. The first-order chi connectivity index (χ1) is 14.0. The van der Waals surface area contributed by atoms with Gasteiger partial charge in [0.2, 0.25) is 6.79 Å². The topological polar surface area (TPSA) is 99.9 Å². The van der Waals surface area contributed by atoms with E-state index in [0.717, 1.165) is 16.5 Å². The summed E-state index contributed by atoms with van der Waals surface area (Å²) in [7, 11) is 0. The summed E-state index contributed by atoms with van der Waals surface area (Å²) in [6, 6.07) is 7.39. The minimum Gasteiger partial charge on any atom is -0.458 e. The van der Waals surface area contributed by atoms with Gasteiger partial charge in [0.05, 0.1) is 29.0 Å². The Hall–Kier alpha value is -3.39. The van der Waals surface area contributed by atoms with Gasteiger partial charge in [-0.15, -0.1) is 0 Å². The van der Waals surface area contributed by atoms with Gasteiger partial charge in [0.15, 0.2) is 17.1 Å². The van der Waals surface area contributed by atoms with Crippen LogP contribution in [-0.2, 0) is 28.3 Å². The molecule has 3 aliphatic rings. The molecule has 2 aromatic heterocycles. The van der Waals surface area contributed by atoms with Gasteiger partial charge >= 0.3 is 5.97 Å². The van der Waals surface area contributed by atoms with Crippen LogP contribution in [0.2, 0.25) is 0 Å². The standard InChI is InChI=1S/C21H16N2O6/c1-2-21(26)13-5-15-18-11(7-23(15)19(24)12(13)8-27-20(21)25)3-10-4-16-17(29-9-28-16)6-14(10)22-18/h3-6,26H,2,7-9H2,1H3. The monoisotopic (exact) mass is 392 g/mol. The number of benzene rings is 1. The molecular formula is C21H16N2O6. The SMILES string of the molecule is CCC1(O)C(=O)OCc2c1cc1n(c2=O)Cc2cc3cc4c(cc3nc2-1)OCO4. The van der Waals surface area contributed by atoms with Crippen molar-refractivity contribution >= 4 is 16.9 Å². The molecule has 6 rings (SSSR count). The summed E-state index contributed by atoms with van der Waals surface area (Å²) in [5, 5.41) is 11.8. The molecule has 0 aliphatic carbocycles. The van der Waals surface area contributed by atoms with Gasteiger partial charge in [-0.1, -0.05) is 6.92 Å². The van der Waals surface area contributed by atoms with E-state index >= 15 is 0 Å². The van der Waals surface area contributed by atoms with E-state index in [1.54, 1.807) is 17.6 Å². The molecule has 146 valence electrons. The molecule has 1 aromatic carbocycles. The van der Waals surface area contributed by atoms with Crippen molar-refractivity contribution in [2.45, 2.75) is 32.1 Å². The maximum Gasteiger partial charge on any atom is 0.343 e. The van der Waals surface area contributed by atoms with E-state index in [1.165, 1.54) is 0 Å². The molecule has 0 radical (unpaired) electrons. The highest BCUT2D eigenvalue weighted by molar-refractivity contribution is 5.88. The number of hydrogen-bond acceptors (Lipinski definition) is 7. The lowest BCUT2D eigenvalue weighted by molar-refractivity contribution is -0.172. The number of fused-ring (bicyclic) bond motifs is 6. The largest absolute Gasteiger partial charge is 0.458 e. The molecule has 0 saturated heterocycles. The van der Waals surface area contributed by atoms with Crippen LogP contribution in [0.1, 0.15) is 30.0 Å². The zero-order chi connectivity index (χ0) is 19.9. The van der Waals surface area contributed by atoms with Crippen molar-refractivity contribution in [3.05, 3.63) is 51.3 Å². The molecule has 0 fully saturated rings. The first-order valence-electron chi connectivity index (χ1n) is 9.40. The summed E-state index contributed by atoms with van der Waals surface area (Å²) >= 11 is 0. The van der Waals surface area contributed by atoms with E-state index in [0.29, 0.717) is 40.6 Å². The second-order valence-electron chi connectivity index (χ2n) is 7.50. The second kappa shape index (κ2) is 5.36. The number of cyclic esters (lactones) is 1. The molecule has 0 amide bonds. The van der Waals surface area contributed by atoms with Gasteiger partial charge in [-0.25, -0.2) is 9.78 Å². The number of ether oxygens (including phenoxy) is 3. The number of nitrogens with zero attached hydrogens (tertiary/aromatic N) is 2. The van der Waals surface area contributed by atoms with E-state index in [2.05, 4.69) is 0 Å². The number of aromatic nitrogens is 2. The lowest BCUT2D eigenvalue weighted by Crippen LogP contribution is -2.44. The van der Waals surface area contributed by atoms with Crippen LogP contribution in [0.4, 0.5) is 0 Å². The van der Waals surface area contributed by atoms with Gasteiger partial charge in [-0.05, 0) is 24.6 Å². The quantitative estimate of drug-likeness (QED) is 0.493. The fourth-order valence-electron chi connectivity index (χ4n) is 4.37. The Balaban J connectivity index is 1.61.